The molecule has 0 amide bonds. The van der Waals surface area contributed by atoms with Gasteiger partial charge in [0.25, 0.3) is 0 Å². The summed E-state index contributed by atoms with van der Waals surface area (Å²) >= 11 is 0. The van der Waals surface area contributed by atoms with Gasteiger partial charge in [0.1, 0.15) is 11.5 Å². The van der Waals surface area contributed by atoms with Crippen molar-refractivity contribution in [1.29, 1.82) is 0 Å². The molecular weight excluding hydrogens is 350 g/mol. The van der Waals surface area contributed by atoms with E-state index in [4.69, 9.17) is 9.47 Å². The predicted octanol–water partition coefficient (Wildman–Crippen LogP) is 5.35. The fourth-order valence-electron chi connectivity index (χ4n) is 3.68. The van der Waals surface area contributed by atoms with Gasteiger partial charge in [0.15, 0.2) is 0 Å². The second-order valence-corrected chi connectivity index (χ2v) is 8.49. The molecule has 2 aromatic carbocycles. The molecule has 3 rings (SSSR count). The van der Waals surface area contributed by atoms with E-state index in [0.29, 0.717) is 11.7 Å². The lowest BCUT2D eigenvalue weighted by Gasteiger charge is -2.28. The highest BCUT2D eigenvalue weighted by atomic mass is 16.5. The van der Waals surface area contributed by atoms with Gasteiger partial charge >= 0.3 is 5.97 Å². The average molecular weight is 382 g/mol. The summed E-state index contributed by atoms with van der Waals surface area (Å²) in [6, 6.07) is 12.3. The van der Waals surface area contributed by atoms with Gasteiger partial charge < -0.3 is 14.8 Å². The topological polar surface area (TPSA) is 47.6 Å². The number of fused-ring (bicyclic) bond motifs is 1. The highest BCUT2D eigenvalue weighted by Gasteiger charge is 2.26. The Morgan fingerprint density at radius 3 is 2.54 bits per heavy atom. The summed E-state index contributed by atoms with van der Waals surface area (Å²) in [4.78, 5) is 12.2. The van der Waals surface area contributed by atoms with Gasteiger partial charge in [-0.2, -0.15) is 0 Å². The second kappa shape index (κ2) is 8.26. The summed E-state index contributed by atoms with van der Waals surface area (Å²) in [5, 5.41) is 3.48. The number of anilines is 1. The minimum Gasteiger partial charge on any atom is -0.497 e. The summed E-state index contributed by atoms with van der Waals surface area (Å²) in [5.74, 6) is 1.78. The standard InChI is InChI=1S/C24H31NO3/c1-6-25-22-12-11-19(27-5)15-21(22)18-8-7-17-14-20(10-9-16(17)13-18)28-23(26)24(2,3)4/h9-12,14-15,18,25H,6-8,13H2,1-5H3. The zero-order valence-corrected chi connectivity index (χ0v) is 17.6. The Balaban J connectivity index is 1.81. The third-order valence-electron chi connectivity index (χ3n) is 5.29. The summed E-state index contributed by atoms with van der Waals surface area (Å²) in [5.41, 5.74) is 4.61. The van der Waals surface area contributed by atoms with Gasteiger partial charge in [-0.05, 0) is 99.9 Å². The Morgan fingerprint density at radius 2 is 1.86 bits per heavy atom. The van der Waals surface area contributed by atoms with Crippen LogP contribution in [0.3, 0.4) is 0 Å². The van der Waals surface area contributed by atoms with E-state index in [1.54, 1.807) is 7.11 Å². The number of hydrogen-bond donors (Lipinski definition) is 1. The number of methoxy groups -OCH3 is 1. The Labute approximate surface area is 168 Å². The van der Waals surface area contributed by atoms with Crippen molar-refractivity contribution in [2.45, 2.75) is 52.9 Å². The largest absolute Gasteiger partial charge is 0.497 e. The summed E-state index contributed by atoms with van der Waals surface area (Å²) in [7, 11) is 1.71. The van der Waals surface area contributed by atoms with Gasteiger partial charge in [0.05, 0.1) is 12.5 Å². The molecule has 0 heterocycles. The highest BCUT2D eigenvalue weighted by Crippen LogP contribution is 2.39. The number of aryl methyl sites for hydroxylation is 1. The molecule has 0 bridgehead atoms. The van der Waals surface area contributed by atoms with Crippen LogP contribution in [0.5, 0.6) is 11.5 Å². The van der Waals surface area contributed by atoms with E-state index in [-0.39, 0.29) is 5.97 Å². The molecule has 0 aliphatic heterocycles. The van der Waals surface area contributed by atoms with Crippen molar-refractivity contribution in [2.75, 3.05) is 19.0 Å². The van der Waals surface area contributed by atoms with Crippen LogP contribution in [0.25, 0.3) is 0 Å². The lowest BCUT2D eigenvalue weighted by molar-refractivity contribution is -0.143. The van der Waals surface area contributed by atoms with Gasteiger partial charge in [-0.25, -0.2) is 0 Å². The first kappa shape index (κ1) is 20.2. The predicted molar refractivity (Wildman–Crippen MR) is 113 cm³/mol. The Morgan fingerprint density at radius 1 is 1.11 bits per heavy atom. The average Bonchev–Trinajstić information content (AvgIpc) is 2.67. The molecule has 1 N–H and O–H groups in total. The van der Waals surface area contributed by atoms with Crippen LogP contribution in [0.1, 0.15) is 56.7 Å². The van der Waals surface area contributed by atoms with Crippen LogP contribution in [0.4, 0.5) is 5.69 Å². The molecule has 1 unspecified atom stereocenters. The molecule has 150 valence electrons. The van der Waals surface area contributed by atoms with Gasteiger partial charge in [-0.1, -0.05) is 6.07 Å². The van der Waals surface area contributed by atoms with E-state index in [0.717, 1.165) is 31.6 Å². The normalized spacial score (nSPS) is 16.2. The molecule has 4 nitrogen and oxygen atoms in total. The maximum absolute atomic E-state index is 12.2. The molecular formula is C24H31NO3. The van der Waals surface area contributed by atoms with Crippen LogP contribution in [-0.4, -0.2) is 19.6 Å². The molecule has 0 saturated heterocycles. The zero-order chi connectivity index (χ0) is 20.3. The fraction of sp³-hybridized carbons (Fsp3) is 0.458. The Kier molecular flexibility index (Phi) is 5.97. The molecule has 0 fully saturated rings. The van der Waals surface area contributed by atoms with Crippen molar-refractivity contribution < 1.29 is 14.3 Å². The van der Waals surface area contributed by atoms with Crippen molar-refractivity contribution in [3.05, 3.63) is 53.1 Å². The molecule has 1 atom stereocenters. The third-order valence-corrected chi connectivity index (χ3v) is 5.29. The first-order valence-electron chi connectivity index (χ1n) is 10.1. The van der Waals surface area contributed by atoms with E-state index in [2.05, 4.69) is 30.4 Å². The number of carbonyl (C=O) groups excluding carboxylic acids is 1. The second-order valence-electron chi connectivity index (χ2n) is 8.49. The summed E-state index contributed by atoms with van der Waals surface area (Å²) in [6.45, 7) is 8.62. The molecule has 28 heavy (non-hydrogen) atoms. The summed E-state index contributed by atoms with van der Waals surface area (Å²) in [6.07, 6.45) is 3.02. The van der Waals surface area contributed by atoms with Crippen LogP contribution in [-0.2, 0) is 17.6 Å². The molecule has 4 heteroatoms. The van der Waals surface area contributed by atoms with Crippen molar-refractivity contribution in [3.63, 3.8) is 0 Å². The van der Waals surface area contributed by atoms with Crippen molar-refractivity contribution in [3.8, 4) is 11.5 Å². The summed E-state index contributed by atoms with van der Waals surface area (Å²) < 4.78 is 11.0. The fourth-order valence-corrected chi connectivity index (χ4v) is 3.68. The van der Waals surface area contributed by atoms with Crippen molar-refractivity contribution in [1.82, 2.24) is 0 Å². The van der Waals surface area contributed by atoms with Gasteiger partial charge in [0, 0.05) is 12.2 Å². The van der Waals surface area contributed by atoms with Crippen LogP contribution in [0, 0.1) is 5.41 Å². The van der Waals surface area contributed by atoms with E-state index in [9.17, 15) is 4.79 Å². The van der Waals surface area contributed by atoms with E-state index in [1.807, 2.05) is 39.0 Å². The van der Waals surface area contributed by atoms with Crippen LogP contribution >= 0.6 is 0 Å². The van der Waals surface area contributed by atoms with Crippen LogP contribution in [0.15, 0.2) is 36.4 Å². The molecule has 1 aliphatic carbocycles. The SMILES string of the molecule is CCNc1ccc(OC)cc1C1CCc2cc(OC(=O)C(C)(C)C)ccc2C1. The third kappa shape index (κ3) is 4.49. The lowest BCUT2D eigenvalue weighted by Crippen LogP contribution is -2.25. The minimum atomic E-state index is -0.504. The molecule has 0 radical (unpaired) electrons. The van der Waals surface area contributed by atoms with Crippen molar-refractivity contribution in [2.24, 2.45) is 5.41 Å². The zero-order valence-electron chi connectivity index (χ0n) is 17.6. The van der Waals surface area contributed by atoms with Gasteiger partial charge in [-0.15, -0.1) is 0 Å². The molecule has 2 aromatic rings. The number of rotatable bonds is 5. The Hall–Kier alpha value is -2.49. The van der Waals surface area contributed by atoms with Crippen LogP contribution < -0.4 is 14.8 Å². The Bertz CT molecular complexity index is 851. The quantitative estimate of drug-likeness (QED) is 0.560. The maximum atomic E-state index is 12.2. The van der Waals surface area contributed by atoms with Gasteiger partial charge in [0.2, 0.25) is 0 Å². The number of hydrogen-bond acceptors (Lipinski definition) is 4. The maximum Gasteiger partial charge on any atom is 0.316 e. The highest BCUT2D eigenvalue weighted by molar-refractivity contribution is 5.77. The lowest BCUT2D eigenvalue weighted by atomic mass is 9.79. The number of benzene rings is 2. The number of ether oxygens (including phenoxy) is 2. The van der Waals surface area contributed by atoms with Gasteiger partial charge in [-0.3, -0.25) is 4.79 Å². The molecule has 0 saturated carbocycles. The molecule has 1 aliphatic rings. The van der Waals surface area contributed by atoms with E-state index < -0.39 is 5.41 Å². The van der Waals surface area contributed by atoms with E-state index >= 15 is 0 Å². The minimum absolute atomic E-state index is 0.201. The van der Waals surface area contributed by atoms with E-state index in [1.165, 1.54) is 22.4 Å². The number of nitrogens with one attached hydrogen (secondary N) is 1. The number of esters is 1. The smallest absolute Gasteiger partial charge is 0.316 e. The monoisotopic (exact) mass is 381 g/mol. The first-order chi connectivity index (χ1) is 13.3. The van der Waals surface area contributed by atoms with Crippen LogP contribution in [0.2, 0.25) is 0 Å². The number of carbonyl (C=O) groups is 1. The van der Waals surface area contributed by atoms with Crippen molar-refractivity contribution >= 4 is 11.7 Å². The molecule has 0 aromatic heterocycles. The molecule has 0 spiro atoms. The first-order valence-corrected chi connectivity index (χ1v) is 10.1.